The van der Waals surface area contributed by atoms with E-state index in [1.165, 1.54) is 55.4 Å². The third kappa shape index (κ3) is 4.39. The molecule has 0 N–H and O–H groups in total. The molecule has 1 aliphatic heterocycles. The van der Waals surface area contributed by atoms with Crippen molar-refractivity contribution in [1.29, 1.82) is 0 Å². The average Bonchev–Trinajstić information content (AvgIpc) is 2.35. The predicted octanol–water partition coefficient (Wildman–Crippen LogP) is 5.34. The number of hydrogen-bond acceptors (Lipinski definition) is 4. The Balaban J connectivity index is 3.47. The van der Waals surface area contributed by atoms with E-state index >= 15 is 16.4 Å². The second-order valence-corrected chi connectivity index (χ2v) is 19.9. The first-order valence-corrected chi connectivity index (χ1v) is 15.2. The van der Waals surface area contributed by atoms with E-state index in [-0.39, 0.29) is 0 Å². The van der Waals surface area contributed by atoms with Gasteiger partial charge in [-0.3, -0.25) is 0 Å². The Labute approximate surface area is 146 Å². The van der Waals surface area contributed by atoms with Crippen molar-refractivity contribution in [1.82, 2.24) is 0 Å². The molecule has 1 rings (SSSR count). The van der Waals surface area contributed by atoms with Gasteiger partial charge in [0.1, 0.15) is 0 Å². The third-order valence-corrected chi connectivity index (χ3v) is 18.3. The van der Waals surface area contributed by atoms with Crippen LogP contribution in [0, 0.1) is 0 Å². The summed E-state index contributed by atoms with van der Waals surface area (Å²) in [6.07, 6.45) is 0. The molecule has 0 amide bonds. The van der Waals surface area contributed by atoms with Crippen LogP contribution in [0.15, 0.2) is 0 Å². The van der Waals surface area contributed by atoms with Crippen LogP contribution in [0.5, 0.6) is 0 Å². The summed E-state index contributed by atoms with van der Waals surface area (Å²) in [4.78, 5) is 0. The van der Waals surface area contributed by atoms with E-state index < -0.39 is 57.7 Å². The van der Waals surface area contributed by atoms with Gasteiger partial charge < -0.3 is 16.5 Å². The van der Waals surface area contributed by atoms with E-state index in [1.807, 2.05) is 0 Å². The normalized spacial score (nSPS) is 42.0. The molecule has 144 valence electrons. The lowest BCUT2D eigenvalue weighted by Crippen LogP contribution is -2.68. The Morgan fingerprint density at radius 1 is 0.417 bits per heavy atom. The number of rotatable bonds is 4. The topological polar surface area (TPSA) is 36.9 Å². The van der Waals surface area contributed by atoms with Crippen molar-refractivity contribution in [2.45, 2.75) is 77.6 Å². The van der Waals surface area contributed by atoms with Gasteiger partial charge >= 0.3 is 35.6 Å². The summed E-state index contributed by atoms with van der Waals surface area (Å²) in [5.41, 5.74) is -3.61. The van der Waals surface area contributed by atoms with Gasteiger partial charge in [0.2, 0.25) is 0 Å². The fraction of sp³-hybridized carbons (Fsp3) is 1.00. The number of hydrogen-bond donors (Lipinski definition) is 0. The molecule has 0 unspecified atom stereocenters. The fourth-order valence-electron chi connectivity index (χ4n) is 1.79. The van der Waals surface area contributed by atoms with E-state index in [9.17, 15) is 0 Å². The van der Waals surface area contributed by atoms with E-state index in [0.717, 1.165) is 0 Å². The van der Waals surface area contributed by atoms with Crippen molar-refractivity contribution in [3.63, 3.8) is 0 Å². The molecule has 0 saturated carbocycles. The zero-order valence-corrected chi connectivity index (χ0v) is 19.5. The quantitative estimate of drug-likeness (QED) is 0.347. The maximum absolute atomic E-state index is 15.3. The Morgan fingerprint density at radius 2 is 0.542 bits per heavy atom. The first kappa shape index (κ1) is 22.5. The lowest BCUT2D eigenvalue weighted by molar-refractivity contribution is 0.109. The maximum Gasteiger partial charge on any atom is 0.528 e. The van der Waals surface area contributed by atoms with Crippen LogP contribution in [0.25, 0.3) is 0 Å². The minimum Gasteiger partial charge on any atom is -0.366 e. The summed E-state index contributed by atoms with van der Waals surface area (Å²) in [6.45, 7) is 11.3. The van der Waals surface area contributed by atoms with Gasteiger partial charge in [-0.05, 0) is 0 Å². The summed E-state index contributed by atoms with van der Waals surface area (Å²) in [5, 5.41) is 0. The Morgan fingerprint density at radius 3 is 0.625 bits per heavy atom. The molecule has 0 aliphatic carbocycles. The van der Waals surface area contributed by atoms with Crippen molar-refractivity contribution >= 4 is 35.6 Å². The second-order valence-electron chi connectivity index (χ2n) is 7.36. The smallest absolute Gasteiger partial charge is 0.366 e. The van der Waals surface area contributed by atoms with Crippen molar-refractivity contribution in [2.75, 3.05) is 0 Å². The van der Waals surface area contributed by atoms with Crippen LogP contribution in [0.2, 0.25) is 22.2 Å². The highest BCUT2D eigenvalue weighted by atomic mass is 28.6. The van der Waals surface area contributed by atoms with Crippen molar-refractivity contribution in [2.24, 2.45) is 0 Å². The molecule has 1 aliphatic rings. The molecular formula is C12H28F4O4Si4. The van der Waals surface area contributed by atoms with Gasteiger partial charge in [0, 0.05) is 22.2 Å². The summed E-state index contributed by atoms with van der Waals surface area (Å²) >= 11 is 0. The molecule has 0 atom stereocenters. The van der Waals surface area contributed by atoms with Crippen LogP contribution in [-0.2, 0) is 16.5 Å². The van der Waals surface area contributed by atoms with Gasteiger partial charge in [-0.2, -0.15) is 0 Å². The standard InChI is InChI=1S/C12H28F4O4Si4/c1-9(2)21(13)17-22(14,10(3)4)19-24(16,12(7)8)20-23(15,18-21)11(5)6/h9-12H,1-8H3. The van der Waals surface area contributed by atoms with Gasteiger partial charge in [0.05, 0.1) is 0 Å². The molecule has 0 aromatic carbocycles. The van der Waals surface area contributed by atoms with Crippen molar-refractivity contribution < 1.29 is 32.9 Å². The van der Waals surface area contributed by atoms with Crippen molar-refractivity contribution in [3.8, 4) is 0 Å². The summed E-state index contributed by atoms with van der Waals surface area (Å²) in [5.74, 6) is 0. The molecule has 1 fully saturated rings. The first-order chi connectivity index (χ1) is 10.6. The molecule has 0 bridgehead atoms. The number of halogens is 4. The van der Waals surface area contributed by atoms with Crippen molar-refractivity contribution in [3.05, 3.63) is 0 Å². The highest BCUT2D eigenvalue weighted by molar-refractivity contribution is 6.89. The van der Waals surface area contributed by atoms with Gasteiger partial charge in [-0.25, -0.2) is 16.4 Å². The Bertz CT molecular complexity index is 365. The molecule has 1 heterocycles. The van der Waals surface area contributed by atoms with Gasteiger partial charge in [0.15, 0.2) is 0 Å². The zero-order chi connectivity index (χ0) is 19.1. The molecule has 0 aromatic heterocycles. The Hall–Kier alpha value is 0.428. The molecule has 1 saturated heterocycles. The van der Waals surface area contributed by atoms with E-state index in [1.54, 1.807) is 0 Å². The SMILES string of the molecule is CC(C)[Si]1(F)O[Si](F)(C(C)C)O[Si](F)(C(C)C)O[Si](F)(C(C)C)O1. The monoisotopic (exact) mass is 424 g/mol. The third-order valence-electron chi connectivity index (χ3n) is 3.87. The summed E-state index contributed by atoms with van der Waals surface area (Å²) in [6, 6.07) is 0. The second kappa shape index (κ2) is 7.21. The molecule has 0 aromatic rings. The lowest BCUT2D eigenvalue weighted by atomic mass is 10.6. The highest BCUT2D eigenvalue weighted by Crippen LogP contribution is 2.46. The first-order valence-electron chi connectivity index (χ1n) is 8.16. The zero-order valence-electron chi connectivity index (χ0n) is 15.5. The fourth-order valence-corrected chi connectivity index (χ4v) is 17.6. The van der Waals surface area contributed by atoms with Crippen LogP contribution >= 0.6 is 0 Å². The molecule has 12 heteroatoms. The van der Waals surface area contributed by atoms with Crippen LogP contribution < -0.4 is 0 Å². The van der Waals surface area contributed by atoms with Gasteiger partial charge in [-0.15, -0.1) is 0 Å². The summed E-state index contributed by atoms with van der Waals surface area (Å²) < 4.78 is 81.6. The summed E-state index contributed by atoms with van der Waals surface area (Å²) in [7, 11) is -19.2. The van der Waals surface area contributed by atoms with Crippen LogP contribution in [-0.4, -0.2) is 35.6 Å². The molecule has 0 radical (unpaired) electrons. The lowest BCUT2D eigenvalue weighted by Gasteiger charge is -2.45. The van der Waals surface area contributed by atoms with Gasteiger partial charge in [0.25, 0.3) is 0 Å². The van der Waals surface area contributed by atoms with E-state index in [0.29, 0.717) is 0 Å². The Kier molecular flexibility index (Phi) is 6.75. The average molecular weight is 425 g/mol. The predicted molar refractivity (Wildman–Crippen MR) is 92.2 cm³/mol. The largest absolute Gasteiger partial charge is 0.528 e. The molecule has 4 nitrogen and oxygen atoms in total. The van der Waals surface area contributed by atoms with Crippen LogP contribution in [0.4, 0.5) is 16.4 Å². The minimum absolute atomic E-state index is 0.903. The maximum atomic E-state index is 15.3. The van der Waals surface area contributed by atoms with Crippen LogP contribution in [0.3, 0.4) is 0 Å². The van der Waals surface area contributed by atoms with E-state index in [2.05, 4.69) is 0 Å². The molecule has 0 spiro atoms. The minimum atomic E-state index is -4.81. The molecule has 24 heavy (non-hydrogen) atoms. The molecular weight excluding hydrogens is 396 g/mol. The van der Waals surface area contributed by atoms with E-state index in [4.69, 9.17) is 16.5 Å². The van der Waals surface area contributed by atoms with Crippen LogP contribution in [0.1, 0.15) is 55.4 Å². The highest BCUT2D eigenvalue weighted by Gasteiger charge is 2.71. The van der Waals surface area contributed by atoms with Gasteiger partial charge in [-0.1, -0.05) is 55.4 Å².